The number of rotatable bonds is 0. The zero-order chi connectivity index (χ0) is 12.0. The third kappa shape index (κ3) is 2670000. The summed E-state index contributed by atoms with van der Waals surface area (Å²) < 4.78 is 0. The average molecular weight is 367 g/mol. The minimum absolute atomic E-state index is 0. The Labute approximate surface area is 175 Å². The summed E-state index contributed by atoms with van der Waals surface area (Å²) in [4.78, 5) is 0. The molecule has 11 heteroatoms. The molecule has 0 aliphatic rings. The van der Waals surface area contributed by atoms with Gasteiger partial charge < -0.3 is 1.43 Å². The summed E-state index contributed by atoms with van der Waals surface area (Å²) in [7, 11) is 0. The molecule has 0 aliphatic carbocycles. The van der Waals surface area contributed by atoms with E-state index in [0.717, 1.165) is 0 Å². The second kappa shape index (κ2) is 3070000. The molecule has 0 saturated heterocycles. The van der Waals surface area contributed by atoms with Gasteiger partial charge in [-0.3, -0.25) is 0 Å². The van der Waals surface area contributed by atoms with Gasteiger partial charge in [-0.25, -0.2) is 31.6 Å². The smallest absolute Gasteiger partial charge is 1.00 e. The summed E-state index contributed by atoms with van der Waals surface area (Å²) in [5.41, 5.74) is 0. The molecule has 0 aromatic rings. The van der Waals surface area contributed by atoms with Gasteiger partial charge in [0.25, 0.3) is 0 Å². The van der Waals surface area contributed by atoms with E-state index in [1.165, 1.54) is 0 Å². The molecule has 0 aliphatic heterocycles. The van der Waals surface area contributed by atoms with Crippen LogP contribution in [0, 0.1) is 71.0 Å². The Balaban J connectivity index is -0.00000000225. The maximum atomic E-state index is 6.50. The van der Waals surface area contributed by atoms with E-state index in [1.54, 1.807) is 0 Å². The normalized spacial score (nSPS) is 0.706. The van der Waals surface area contributed by atoms with Crippen LogP contribution in [0.25, 0.3) is 0 Å². The van der Waals surface area contributed by atoms with Crippen molar-refractivity contribution < 1.29 is 69.9 Å². The van der Waals surface area contributed by atoms with Crippen LogP contribution in [0.4, 0.5) is 0 Å². The Bertz CT molecular complexity index is 114. The molecule has 0 radical (unpaired) electrons. The first-order valence-corrected chi connectivity index (χ1v) is 1.55. The van der Waals surface area contributed by atoms with Gasteiger partial charge in [-0.15, -0.1) is 37.2 Å². The van der Waals surface area contributed by atoms with Gasteiger partial charge in [0.1, 0.15) is 0 Å². The molecule has 0 spiro atoms. The Morgan fingerprint density at radius 1 is 0.412 bits per heavy atom. The fourth-order valence-corrected chi connectivity index (χ4v) is 0. The maximum Gasteiger partial charge on any atom is 1.00 e. The summed E-state index contributed by atoms with van der Waals surface area (Å²) in [5, 5.41) is 39.0. The zero-order valence-electron chi connectivity index (χ0n) is 9.73. The second-order valence-electron chi connectivity index (χ2n) is 0. The van der Waals surface area contributed by atoms with E-state index in [4.69, 9.17) is 31.6 Å². The van der Waals surface area contributed by atoms with Crippen molar-refractivity contribution in [1.82, 2.24) is 0 Å². The van der Waals surface area contributed by atoms with Crippen LogP contribution in [-0.4, -0.2) is 0 Å². The molecule has 0 N–H and O–H groups in total. The molecule has 0 unspecified atom stereocenters. The van der Waals surface area contributed by atoms with Crippen molar-refractivity contribution in [2.75, 3.05) is 0 Å². The SMILES string of the molecule is C#N.C#N.C#N.C#N.C#N.C#N.Cl.Cl.Cl.[Fe].[H-].[K+]. The predicted octanol–water partition coefficient (Wildman–Crippen LogP) is -0.782. The van der Waals surface area contributed by atoms with Crippen molar-refractivity contribution >= 4 is 37.2 Å². The van der Waals surface area contributed by atoms with Crippen LogP contribution < -0.4 is 51.4 Å². The Morgan fingerprint density at radius 3 is 0.412 bits per heavy atom. The third-order valence-electron chi connectivity index (χ3n) is 0. The molecule has 94 valence electrons. The molecule has 0 fully saturated rings. The summed E-state index contributed by atoms with van der Waals surface area (Å²) >= 11 is 0. The minimum Gasteiger partial charge on any atom is -1.00 e. The van der Waals surface area contributed by atoms with E-state index in [0.29, 0.717) is 0 Å². The van der Waals surface area contributed by atoms with E-state index in [1.807, 2.05) is 0 Å². The molecule has 0 heterocycles. The second-order valence-corrected chi connectivity index (χ2v) is 0. The van der Waals surface area contributed by atoms with Gasteiger partial charge in [0, 0.05) is 56.5 Å². The quantitative estimate of drug-likeness (QED) is 0.514. The molecular formula is C6H10Cl3FeKN6. The fraction of sp³-hybridized carbons (Fsp3) is 0. The average Bonchev–Trinajstić information content (AvgIpc) is 2.33. The monoisotopic (exact) mass is 366 g/mol. The van der Waals surface area contributed by atoms with Crippen LogP contribution in [0.2, 0.25) is 0 Å². The summed E-state index contributed by atoms with van der Waals surface area (Å²) in [6.07, 6.45) is 0. The van der Waals surface area contributed by atoms with Gasteiger partial charge in [0.2, 0.25) is 0 Å². The van der Waals surface area contributed by atoms with Gasteiger partial charge >= 0.3 is 51.4 Å². The van der Waals surface area contributed by atoms with Gasteiger partial charge in [-0.1, -0.05) is 0 Å². The Kier molecular flexibility index (Phi) is 21900000. The van der Waals surface area contributed by atoms with Crippen molar-refractivity contribution in [1.29, 1.82) is 31.6 Å². The zero-order valence-corrected chi connectivity index (χ0v) is 15.4. The van der Waals surface area contributed by atoms with Crippen molar-refractivity contribution in [3.05, 3.63) is 0 Å². The predicted molar refractivity (Wildman–Crippen MR) is 62.9 cm³/mol. The van der Waals surface area contributed by atoms with Crippen LogP contribution in [0.1, 0.15) is 1.43 Å². The maximum absolute atomic E-state index is 6.50. The van der Waals surface area contributed by atoms with Crippen molar-refractivity contribution in [2.45, 2.75) is 0 Å². The summed E-state index contributed by atoms with van der Waals surface area (Å²) in [5.74, 6) is 0. The van der Waals surface area contributed by atoms with Crippen LogP contribution in [0.15, 0.2) is 0 Å². The molecule has 0 amide bonds. The molecule has 17 heavy (non-hydrogen) atoms. The van der Waals surface area contributed by atoms with Crippen LogP contribution in [-0.2, 0) is 17.1 Å². The van der Waals surface area contributed by atoms with Gasteiger partial charge in [-0.2, -0.15) is 0 Å². The van der Waals surface area contributed by atoms with E-state index in [-0.39, 0.29) is 107 Å². The molecular weight excluding hydrogens is 357 g/mol. The first-order valence-electron chi connectivity index (χ1n) is 1.55. The van der Waals surface area contributed by atoms with Crippen molar-refractivity contribution in [3.8, 4) is 39.4 Å². The van der Waals surface area contributed by atoms with E-state index >= 15 is 0 Å². The number of nitriles is 6. The fourth-order valence-electron chi connectivity index (χ4n) is 0. The Hall–Kier alpha value is -0.0342. The van der Waals surface area contributed by atoms with E-state index < -0.39 is 0 Å². The summed E-state index contributed by atoms with van der Waals surface area (Å²) in [6.45, 7) is 21.0. The van der Waals surface area contributed by atoms with Crippen LogP contribution >= 0.6 is 37.2 Å². The van der Waals surface area contributed by atoms with Gasteiger partial charge in [0.15, 0.2) is 0 Å². The molecule has 0 atom stereocenters. The summed E-state index contributed by atoms with van der Waals surface area (Å²) in [6, 6.07) is 0. The van der Waals surface area contributed by atoms with Crippen LogP contribution in [0.5, 0.6) is 0 Å². The van der Waals surface area contributed by atoms with E-state index in [2.05, 4.69) is 39.4 Å². The minimum atomic E-state index is 0. The van der Waals surface area contributed by atoms with Crippen molar-refractivity contribution in [3.63, 3.8) is 0 Å². The first kappa shape index (κ1) is 122. The van der Waals surface area contributed by atoms with Gasteiger partial charge in [-0.05, 0) is 0 Å². The standard InChI is InChI=1S/6CHN.3ClH.Fe.K.H/c6*1-2;;;;;;/h6*1H;3*1H;;;/q;;;;;;;;;;+1;-1. The number of hydrogen-bond acceptors (Lipinski definition) is 6. The molecule has 0 saturated carbocycles. The van der Waals surface area contributed by atoms with Crippen molar-refractivity contribution in [2.24, 2.45) is 0 Å². The number of halogens is 3. The molecule has 0 aromatic carbocycles. The third-order valence-corrected chi connectivity index (χ3v) is 0. The molecule has 6 nitrogen and oxygen atoms in total. The molecule has 0 rings (SSSR count). The Morgan fingerprint density at radius 2 is 0.412 bits per heavy atom. The topological polar surface area (TPSA) is 143 Å². The molecule has 0 aromatic heterocycles. The van der Waals surface area contributed by atoms with Crippen LogP contribution in [0.3, 0.4) is 0 Å². The van der Waals surface area contributed by atoms with Gasteiger partial charge in [0.05, 0.1) is 0 Å². The number of hydrogen-bond donors (Lipinski definition) is 0. The largest absolute Gasteiger partial charge is 1.00 e. The van der Waals surface area contributed by atoms with E-state index in [9.17, 15) is 0 Å². The first-order chi connectivity index (χ1) is 6.00. The molecule has 0 bridgehead atoms. The number of nitrogens with zero attached hydrogens (tertiary/aromatic N) is 6.